The van der Waals surface area contributed by atoms with Crippen molar-refractivity contribution >= 4 is 11.8 Å². The van der Waals surface area contributed by atoms with Gasteiger partial charge in [-0.15, -0.1) is 0 Å². The summed E-state index contributed by atoms with van der Waals surface area (Å²) in [5.74, 6) is 0.731. The number of rotatable bonds is 5. The van der Waals surface area contributed by atoms with Crippen LogP contribution in [0, 0.1) is 0 Å². The Morgan fingerprint density at radius 2 is 1.88 bits per heavy atom. The van der Waals surface area contributed by atoms with Gasteiger partial charge in [-0.25, -0.2) is 0 Å². The summed E-state index contributed by atoms with van der Waals surface area (Å²) in [6.07, 6.45) is -4.01. The molecule has 5 atom stereocenters. The van der Waals surface area contributed by atoms with E-state index in [1.165, 1.54) is 0 Å². The molecule has 0 spiro atoms. The first kappa shape index (κ1) is 14.2. The molecule has 0 aromatic heterocycles. The van der Waals surface area contributed by atoms with Gasteiger partial charge >= 0.3 is 0 Å². The van der Waals surface area contributed by atoms with Gasteiger partial charge in [0.15, 0.2) is 6.29 Å². The highest BCUT2D eigenvalue weighted by Gasteiger charge is 2.43. The van der Waals surface area contributed by atoms with Crippen molar-refractivity contribution in [2.45, 2.75) is 30.7 Å². The lowest BCUT2D eigenvalue weighted by Gasteiger charge is -2.39. The number of ether oxygens (including phenoxy) is 2. The average molecular weight is 254 g/mol. The lowest BCUT2D eigenvalue weighted by molar-refractivity contribution is -0.299. The molecule has 0 radical (unpaired) electrons. The normalized spacial score (nSPS) is 39.9. The van der Waals surface area contributed by atoms with Crippen LogP contribution in [0.4, 0.5) is 0 Å². The van der Waals surface area contributed by atoms with Crippen molar-refractivity contribution < 1.29 is 29.9 Å². The van der Waals surface area contributed by atoms with Crippen LogP contribution >= 0.6 is 11.8 Å². The zero-order valence-corrected chi connectivity index (χ0v) is 9.84. The smallest absolute Gasteiger partial charge is 0.186 e. The SMILES string of the molecule is CSCCO[C@@H]1OC(CO)[C@@H](O)[C@H](O)C1O. The number of aliphatic hydroxyl groups is 4. The van der Waals surface area contributed by atoms with Gasteiger partial charge in [-0.2, -0.15) is 11.8 Å². The van der Waals surface area contributed by atoms with E-state index in [-0.39, 0.29) is 0 Å². The van der Waals surface area contributed by atoms with E-state index >= 15 is 0 Å². The van der Waals surface area contributed by atoms with Gasteiger partial charge in [0.05, 0.1) is 13.2 Å². The van der Waals surface area contributed by atoms with Crippen LogP contribution < -0.4 is 0 Å². The fraction of sp³-hybridized carbons (Fsp3) is 1.00. The molecular weight excluding hydrogens is 236 g/mol. The van der Waals surface area contributed by atoms with Crippen LogP contribution in [-0.2, 0) is 9.47 Å². The van der Waals surface area contributed by atoms with Gasteiger partial charge in [0.1, 0.15) is 24.4 Å². The molecule has 0 bridgehead atoms. The fourth-order valence-corrected chi connectivity index (χ4v) is 1.72. The van der Waals surface area contributed by atoms with Gasteiger partial charge in [0.25, 0.3) is 0 Å². The molecule has 96 valence electrons. The largest absolute Gasteiger partial charge is 0.394 e. The van der Waals surface area contributed by atoms with Crippen molar-refractivity contribution in [1.82, 2.24) is 0 Å². The monoisotopic (exact) mass is 254 g/mol. The molecule has 0 aliphatic carbocycles. The summed E-state index contributed by atoms with van der Waals surface area (Å²) in [7, 11) is 0. The zero-order valence-electron chi connectivity index (χ0n) is 9.02. The Morgan fingerprint density at radius 3 is 2.44 bits per heavy atom. The van der Waals surface area contributed by atoms with Crippen LogP contribution in [-0.4, -0.2) is 76.4 Å². The van der Waals surface area contributed by atoms with Crippen LogP contribution in [0.5, 0.6) is 0 Å². The highest BCUT2D eigenvalue weighted by atomic mass is 32.2. The lowest BCUT2D eigenvalue weighted by atomic mass is 9.99. The van der Waals surface area contributed by atoms with E-state index in [0.29, 0.717) is 6.61 Å². The Morgan fingerprint density at radius 1 is 1.19 bits per heavy atom. The third-order valence-corrected chi connectivity index (χ3v) is 2.99. The first-order chi connectivity index (χ1) is 7.61. The molecule has 1 aliphatic rings. The van der Waals surface area contributed by atoms with Crippen LogP contribution in [0.3, 0.4) is 0 Å². The van der Waals surface area contributed by atoms with Gasteiger partial charge in [-0.05, 0) is 6.26 Å². The molecule has 2 unspecified atom stereocenters. The summed E-state index contributed by atoms with van der Waals surface area (Å²) in [6, 6.07) is 0. The Bertz CT molecular complexity index is 202. The topological polar surface area (TPSA) is 99.4 Å². The highest BCUT2D eigenvalue weighted by Crippen LogP contribution is 2.21. The van der Waals surface area contributed by atoms with E-state index in [1.54, 1.807) is 11.8 Å². The quantitative estimate of drug-likeness (QED) is 0.428. The van der Waals surface area contributed by atoms with Gasteiger partial charge in [0, 0.05) is 5.75 Å². The molecule has 1 rings (SSSR count). The number of hydrogen-bond donors (Lipinski definition) is 4. The minimum absolute atomic E-state index is 0.365. The molecule has 1 heterocycles. The molecule has 16 heavy (non-hydrogen) atoms. The fourth-order valence-electron chi connectivity index (χ4n) is 1.45. The van der Waals surface area contributed by atoms with E-state index in [0.717, 1.165) is 5.75 Å². The Hall–Kier alpha value is 0.110. The van der Waals surface area contributed by atoms with Gasteiger partial charge in [-0.3, -0.25) is 0 Å². The molecule has 0 aromatic carbocycles. The molecule has 0 aromatic rings. The Labute approximate surface area is 98.2 Å². The average Bonchev–Trinajstić information content (AvgIpc) is 2.29. The number of aliphatic hydroxyl groups excluding tert-OH is 4. The maximum absolute atomic E-state index is 9.57. The van der Waals surface area contributed by atoms with Crippen molar-refractivity contribution in [2.24, 2.45) is 0 Å². The third-order valence-electron chi connectivity index (χ3n) is 2.42. The molecule has 1 saturated heterocycles. The minimum Gasteiger partial charge on any atom is -0.394 e. The van der Waals surface area contributed by atoms with Crippen molar-refractivity contribution in [1.29, 1.82) is 0 Å². The summed E-state index contributed by atoms with van der Waals surface area (Å²) in [4.78, 5) is 0. The maximum atomic E-state index is 9.57. The first-order valence-electron chi connectivity index (χ1n) is 5.03. The summed E-state index contributed by atoms with van der Waals surface area (Å²) >= 11 is 1.58. The number of thioether (sulfide) groups is 1. The standard InChI is InChI=1S/C9H18O6S/c1-16-3-2-14-9-8(13)7(12)6(11)5(4-10)15-9/h5-13H,2-4H2,1H3/t5?,6-,7+,8?,9-/m1/s1. The minimum atomic E-state index is -1.37. The third kappa shape index (κ3) is 3.30. The van der Waals surface area contributed by atoms with Crippen LogP contribution in [0.1, 0.15) is 0 Å². The molecule has 7 heteroatoms. The zero-order chi connectivity index (χ0) is 12.1. The van der Waals surface area contributed by atoms with Gasteiger partial charge in [0.2, 0.25) is 0 Å². The summed E-state index contributed by atoms with van der Waals surface area (Å²) in [5, 5.41) is 37.4. The van der Waals surface area contributed by atoms with Crippen LogP contribution in [0.15, 0.2) is 0 Å². The second-order valence-electron chi connectivity index (χ2n) is 3.56. The second kappa shape index (κ2) is 6.75. The van der Waals surface area contributed by atoms with Crippen molar-refractivity contribution in [3.63, 3.8) is 0 Å². The van der Waals surface area contributed by atoms with Crippen LogP contribution in [0.2, 0.25) is 0 Å². The Kier molecular flexibility index (Phi) is 5.98. The van der Waals surface area contributed by atoms with E-state index in [4.69, 9.17) is 14.6 Å². The highest BCUT2D eigenvalue weighted by molar-refractivity contribution is 7.98. The van der Waals surface area contributed by atoms with Crippen molar-refractivity contribution in [2.75, 3.05) is 25.2 Å². The summed E-state index contributed by atoms with van der Waals surface area (Å²) in [6.45, 7) is -0.0722. The number of hydrogen-bond acceptors (Lipinski definition) is 7. The molecule has 0 saturated carbocycles. The van der Waals surface area contributed by atoms with E-state index < -0.39 is 37.3 Å². The predicted octanol–water partition coefficient (Wildman–Crippen LogP) is -1.83. The van der Waals surface area contributed by atoms with E-state index in [1.807, 2.05) is 6.26 Å². The van der Waals surface area contributed by atoms with Gasteiger partial charge in [-0.1, -0.05) is 0 Å². The second-order valence-corrected chi connectivity index (χ2v) is 4.55. The first-order valence-corrected chi connectivity index (χ1v) is 6.42. The van der Waals surface area contributed by atoms with Crippen molar-refractivity contribution in [3.05, 3.63) is 0 Å². The molecular formula is C9H18O6S. The maximum Gasteiger partial charge on any atom is 0.186 e. The van der Waals surface area contributed by atoms with Crippen molar-refractivity contribution in [3.8, 4) is 0 Å². The molecule has 6 nitrogen and oxygen atoms in total. The van der Waals surface area contributed by atoms with E-state index in [9.17, 15) is 15.3 Å². The molecule has 4 N–H and O–H groups in total. The molecule has 1 aliphatic heterocycles. The van der Waals surface area contributed by atoms with E-state index in [2.05, 4.69) is 0 Å². The molecule has 0 amide bonds. The molecule has 1 fully saturated rings. The summed E-state index contributed by atoms with van der Waals surface area (Å²) in [5.41, 5.74) is 0. The van der Waals surface area contributed by atoms with Crippen LogP contribution in [0.25, 0.3) is 0 Å². The van der Waals surface area contributed by atoms with Gasteiger partial charge < -0.3 is 29.9 Å². The predicted molar refractivity (Wildman–Crippen MR) is 58.1 cm³/mol. The lowest BCUT2D eigenvalue weighted by Crippen LogP contribution is -2.59. The Balaban J connectivity index is 2.50. The summed E-state index contributed by atoms with van der Waals surface area (Å²) < 4.78 is 10.3.